The zero-order valence-corrected chi connectivity index (χ0v) is 19.9. The van der Waals surface area contributed by atoms with Crippen molar-refractivity contribution in [2.45, 2.75) is 53.6 Å². The van der Waals surface area contributed by atoms with E-state index in [9.17, 15) is 19.2 Å². The fraction of sp³-hybridized carbons (Fsp3) is 0.440. The fourth-order valence-electron chi connectivity index (χ4n) is 3.58. The number of carbonyl (C=O) groups excluding carboxylic acids is 4. The lowest BCUT2D eigenvalue weighted by molar-refractivity contribution is -0.151. The maximum absolute atomic E-state index is 12.6. The summed E-state index contributed by atoms with van der Waals surface area (Å²) in [5.41, 5.74) is 0.597. The van der Waals surface area contributed by atoms with Gasteiger partial charge in [-0.25, -0.2) is 0 Å². The highest BCUT2D eigenvalue weighted by molar-refractivity contribution is 6.25. The monoisotopic (exact) mass is 457 g/mol. The van der Waals surface area contributed by atoms with Gasteiger partial charge in [-0.15, -0.1) is 0 Å². The van der Waals surface area contributed by atoms with Crippen LogP contribution in [-0.4, -0.2) is 53.6 Å². The van der Waals surface area contributed by atoms with Crippen LogP contribution in [0.15, 0.2) is 36.1 Å². The molecule has 1 atom stereocenters. The van der Waals surface area contributed by atoms with E-state index in [2.05, 4.69) is 0 Å². The second-order valence-corrected chi connectivity index (χ2v) is 8.16. The number of cyclic esters (lactones) is 1. The second kappa shape index (κ2) is 11.4. The van der Waals surface area contributed by atoms with Gasteiger partial charge in [0, 0.05) is 18.2 Å². The van der Waals surface area contributed by atoms with Crippen molar-refractivity contribution in [3.05, 3.63) is 41.7 Å². The Morgan fingerprint density at radius 3 is 2.33 bits per heavy atom. The van der Waals surface area contributed by atoms with Crippen molar-refractivity contribution in [3.63, 3.8) is 0 Å². The minimum atomic E-state index is -1.49. The number of rotatable bonds is 10. The number of hydrogen-bond donors (Lipinski definition) is 0. The first kappa shape index (κ1) is 25.8. The Hall–Kier alpha value is -3.42. The highest BCUT2D eigenvalue weighted by atomic mass is 16.5. The number of hydrogen-bond acceptors (Lipinski definition) is 7. The van der Waals surface area contributed by atoms with E-state index in [1.807, 2.05) is 34.6 Å². The lowest BCUT2D eigenvalue weighted by Crippen LogP contribution is -2.44. The third-order valence-electron chi connectivity index (χ3n) is 4.87. The molecule has 0 radical (unpaired) electrons. The van der Waals surface area contributed by atoms with Crippen LogP contribution >= 0.6 is 0 Å². The Bertz CT molecular complexity index is 967. The Kier molecular flexibility index (Phi) is 8.96. The molecule has 0 spiro atoms. The van der Waals surface area contributed by atoms with E-state index in [0.717, 1.165) is 12.2 Å². The molecule has 8 nitrogen and oxygen atoms in total. The van der Waals surface area contributed by atoms with E-state index in [-0.39, 0.29) is 30.4 Å². The highest BCUT2D eigenvalue weighted by Crippen LogP contribution is 2.29. The molecule has 1 heterocycles. The molecule has 0 fully saturated rings. The van der Waals surface area contributed by atoms with Crippen molar-refractivity contribution in [1.82, 2.24) is 4.90 Å². The van der Waals surface area contributed by atoms with Crippen LogP contribution < -0.4 is 9.47 Å². The van der Waals surface area contributed by atoms with Gasteiger partial charge in [0.15, 0.2) is 35.6 Å². The van der Waals surface area contributed by atoms with Gasteiger partial charge < -0.3 is 19.1 Å². The van der Waals surface area contributed by atoms with E-state index in [4.69, 9.17) is 14.2 Å². The van der Waals surface area contributed by atoms with Crippen molar-refractivity contribution >= 4 is 29.5 Å². The third-order valence-corrected chi connectivity index (χ3v) is 4.87. The normalized spacial score (nSPS) is 16.1. The Morgan fingerprint density at radius 1 is 1.09 bits per heavy atom. The molecular weight excluding hydrogens is 426 g/mol. The summed E-state index contributed by atoms with van der Waals surface area (Å²) in [6, 6.07) is 5.07. The lowest BCUT2D eigenvalue weighted by Gasteiger charge is -2.30. The number of ketones is 2. The molecule has 0 aromatic heterocycles. The van der Waals surface area contributed by atoms with Crippen LogP contribution in [0, 0.1) is 5.92 Å². The molecular formula is C25H31NO7. The maximum atomic E-state index is 12.6. The van der Waals surface area contributed by atoms with Crippen molar-refractivity contribution in [3.8, 4) is 11.5 Å². The number of amides is 1. The van der Waals surface area contributed by atoms with Gasteiger partial charge in [-0.1, -0.05) is 12.1 Å². The fourth-order valence-corrected chi connectivity index (χ4v) is 3.58. The summed E-state index contributed by atoms with van der Waals surface area (Å²) in [6.07, 6.45) is 3.78. The summed E-state index contributed by atoms with van der Waals surface area (Å²) in [5, 5.41) is 0. The second-order valence-electron chi connectivity index (χ2n) is 8.16. The van der Waals surface area contributed by atoms with Crippen LogP contribution in [0.5, 0.6) is 11.5 Å². The van der Waals surface area contributed by atoms with Gasteiger partial charge in [-0.05, 0) is 65.3 Å². The summed E-state index contributed by atoms with van der Waals surface area (Å²) in [6.45, 7) is 11.3. The summed E-state index contributed by atoms with van der Waals surface area (Å²) < 4.78 is 16.2. The first-order valence-corrected chi connectivity index (χ1v) is 10.9. The largest absolute Gasteiger partial charge is 0.490 e. The van der Waals surface area contributed by atoms with Gasteiger partial charge in [-0.3, -0.25) is 19.2 Å². The smallest absolute Gasteiger partial charge is 0.329 e. The molecule has 1 aliphatic heterocycles. The molecule has 2 rings (SSSR count). The van der Waals surface area contributed by atoms with Gasteiger partial charge in [0.2, 0.25) is 0 Å². The van der Waals surface area contributed by atoms with Crippen LogP contribution in [0.2, 0.25) is 0 Å². The summed E-state index contributed by atoms with van der Waals surface area (Å²) >= 11 is 0. The number of allylic oxidation sites excluding steroid dienone is 3. The molecule has 1 aliphatic rings. The molecule has 0 saturated heterocycles. The van der Waals surface area contributed by atoms with Crippen molar-refractivity contribution < 1.29 is 33.4 Å². The summed E-state index contributed by atoms with van der Waals surface area (Å²) in [7, 11) is 0. The topological polar surface area (TPSA) is 99.2 Å². The quantitative estimate of drug-likeness (QED) is 0.302. The third kappa shape index (κ3) is 6.78. The zero-order chi connectivity index (χ0) is 24.7. The van der Waals surface area contributed by atoms with Crippen molar-refractivity contribution in [2.24, 2.45) is 5.92 Å². The molecule has 8 heteroatoms. The van der Waals surface area contributed by atoms with Crippen molar-refractivity contribution in [2.75, 3.05) is 13.2 Å². The first-order valence-electron chi connectivity index (χ1n) is 10.9. The number of carbonyl (C=O) groups is 4. The van der Waals surface area contributed by atoms with Gasteiger partial charge >= 0.3 is 5.97 Å². The number of esters is 1. The first-order chi connectivity index (χ1) is 15.5. The molecule has 1 amide bonds. The Labute approximate surface area is 194 Å². The number of nitrogens with zero attached hydrogens (tertiary/aromatic N) is 1. The molecule has 33 heavy (non-hydrogen) atoms. The van der Waals surface area contributed by atoms with Gasteiger partial charge in [0.05, 0.1) is 6.61 Å². The molecule has 1 aromatic carbocycles. The average molecular weight is 458 g/mol. The molecule has 1 aromatic rings. The minimum Gasteiger partial charge on any atom is -0.490 e. The predicted octanol–water partition coefficient (Wildman–Crippen LogP) is 3.34. The predicted molar refractivity (Wildman–Crippen MR) is 123 cm³/mol. The maximum Gasteiger partial charge on any atom is 0.329 e. The molecule has 178 valence electrons. The van der Waals surface area contributed by atoms with E-state index in [1.54, 1.807) is 23.1 Å². The lowest BCUT2D eigenvalue weighted by atomic mass is 9.96. The van der Waals surface area contributed by atoms with Crippen LogP contribution in [0.4, 0.5) is 0 Å². The standard InChI is InChI=1S/C25H31NO7/c1-7-31-22-13-18(8-10-19(27)24-20(28)12-17(6)33-25(24)30)9-11-21(22)32-14-23(29)26(15(2)3)16(4)5/h8-13,15-16,24H,7,14H2,1-6H3. The van der Waals surface area contributed by atoms with Crippen LogP contribution in [0.1, 0.15) is 47.1 Å². The SMILES string of the molecule is CCOc1cc(C=CC(=O)C2C(=O)C=C(C)OC2=O)ccc1OCC(=O)N(C(C)C)C(C)C. The highest BCUT2D eigenvalue weighted by Gasteiger charge is 2.36. The number of benzene rings is 1. The van der Waals surface area contributed by atoms with E-state index < -0.39 is 23.5 Å². The van der Waals surface area contributed by atoms with E-state index >= 15 is 0 Å². The summed E-state index contributed by atoms with van der Waals surface area (Å²) in [4.78, 5) is 50.6. The Morgan fingerprint density at radius 2 is 1.76 bits per heavy atom. The molecule has 0 saturated carbocycles. The molecule has 0 N–H and O–H groups in total. The molecule has 1 unspecified atom stereocenters. The van der Waals surface area contributed by atoms with E-state index in [1.165, 1.54) is 13.0 Å². The zero-order valence-electron chi connectivity index (χ0n) is 19.9. The van der Waals surface area contributed by atoms with Crippen LogP contribution in [-0.2, 0) is 23.9 Å². The average Bonchev–Trinajstić information content (AvgIpc) is 2.70. The van der Waals surface area contributed by atoms with Crippen LogP contribution in [0.3, 0.4) is 0 Å². The molecule has 0 aliphatic carbocycles. The van der Waals surface area contributed by atoms with Gasteiger partial charge in [0.1, 0.15) is 5.76 Å². The number of ether oxygens (including phenoxy) is 3. The van der Waals surface area contributed by atoms with Crippen LogP contribution in [0.25, 0.3) is 6.08 Å². The van der Waals surface area contributed by atoms with Gasteiger partial charge in [-0.2, -0.15) is 0 Å². The van der Waals surface area contributed by atoms with Gasteiger partial charge in [0.25, 0.3) is 5.91 Å². The summed E-state index contributed by atoms with van der Waals surface area (Å²) in [5.74, 6) is -2.80. The minimum absolute atomic E-state index is 0.0465. The Balaban J connectivity index is 2.14. The van der Waals surface area contributed by atoms with E-state index in [0.29, 0.717) is 23.7 Å². The molecule has 0 bridgehead atoms. The van der Waals surface area contributed by atoms with Crippen molar-refractivity contribution in [1.29, 1.82) is 0 Å².